The molecule has 4 heterocycles. The van der Waals surface area contributed by atoms with Crippen molar-refractivity contribution < 1.29 is 20.4 Å². The number of hydroxylamine groups is 8. The summed E-state index contributed by atoms with van der Waals surface area (Å²) in [5.41, 5.74) is 0. The van der Waals surface area contributed by atoms with Gasteiger partial charge in [-0.3, -0.25) is 4.90 Å². The van der Waals surface area contributed by atoms with Gasteiger partial charge in [0, 0.05) is 6.54 Å². The molecule has 14 heavy (non-hydrogen) atoms. The molecular weight excluding hydrogens is 192 g/mol. The van der Waals surface area contributed by atoms with E-state index in [2.05, 4.69) is 0 Å². The van der Waals surface area contributed by atoms with Crippen LogP contribution in [0, 0.1) is 5.21 Å². The van der Waals surface area contributed by atoms with E-state index in [9.17, 15) is 20.8 Å². The third-order valence-electron chi connectivity index (χ3n) is 3.34. The van der Waals surface area contributed by atoms with Gasteiger partial charge in [-0.05, 0) is 0 Å². The summed E-state index contributed by atoms with van der Waals surface area (Å²) in [6.45, 7) is 1.15. The van der Waals surface area contributed by atoms with Crippen LogP contribution < -0.4 is 0 Å². The smallest absolute Gasteiger partial charge is 0.212 e. The molecule has 0 aromatic rings. The fourth-order valence-electron chi connectivity index (χ4n) is 2.54. The first kappa shape index (κ1) is 8.95. The summed E-state index contributed by atoms with van der Waals surface area (Å²) in [4.78, 5) is 0.337. The van der Waals surface area contributed by atoms with E-state index in [-0.39, 0.29) is 0 Å². The van der Waals surface area contributed by atoms with Crippen molar-refractivity contribution in [2.45, 2.75) is 18.5 Å². The Bertz CT molecular complexity index is 253. The third-order valence-corrected chi connectivity index (χ3v) is 3.34. The summed E-state index contributed by atoms with van der Waals surface area (Å²) in [7, 11) is 0. The van der Waals surface area contributed by atoms with Gasteiger partial charge in [-0.15, -0.1) is 10.1 Å². The predicted octanol–water partition coefficient (Wildman–Crippen LogP) is -1.61. The number of rotatable bonds is 0. The highest BCUT2D eigenvalue weighted by atomic mass is 16.9. The first-order chi connectivity index (χ1) is 6.51. The summed E-state index contributed by atoms with van der Waals surface area (Å²) in [5, 5.41) is 41.9. The van der Waals surface area contributed by atoms with E-state index in [0.717, 1.165) is 10.1 Å². The molecular formula is C6H12N4O4. The molecule has 0 radical (unpaired) electrons. The lowest BCUT2D eigenvalue weighted by Crippen LogP contribution is -2.86. The van der Waals surface area contributed by atoms with Crippen molar-refractivity contribution >= 4 is 0 Å². The zero-order valence-electron chi connectivity index (χ0n) is 7.39. The Labute approximate surface area is 79.8 Å². The minimum Gasteiger partial charge on any atom is -0.596 e. The molecule has 2 atom stereocenters. The van der Waals surface area contributed by atoms with Crippen molar-refractivity contribution in [3.63, 3.8) is 0 Å². The zero-order valence-corrected chi connectivity index (χ0v) is 7.39. The Morgan fingerprint density at radius 3 is 2.07 bits per heavy atom. The maximum Gasteiger partial charge on any atom is 0.212 e. The topological polar surface area (TPSA) is 93.5 Å². The van der Waals surface area contributed by atoms with Gasteiger partial charge in [-0.1, -0.05) is 0 Å². The van der Waals surface area contributed by atoms with E-state index in [1.807, 2.05) is 4.90 Å². The minimum absolute atomic E-state index is 0.331. The van der Waals surface area contributed by atoms with Crippen LogP contribution in [0.5, 0.6) is 0 Å². The van der Waals surface area contributed by atoms with Crippen LogP contribution in [0.25, 0.3) is 0 Å². The van der Waals surface area contributed by atoms with Gasteiger partial charge in [-0.25, -0.2) is 5.21 Å². The molecule has 4 fully saturated rings. The highest BCUT2D eigenvalue weighted by molar-refractivity contribution is 4.91. The van der Waals surface area contributed by atoms with Crippen LogP contribution in [0.1, 0.15) is 0 Å². The molecule has 0 aromatic heterocycles. The maximum atomic E-state index is 11.7. The summed E-state index contributed by atoms with van der Waals surface area (Å²) >= 11 is 0. The molecule has 0 aliphatic carbocycles. The van der Waals surface area contributed by atoms with Gasteiger partial charge >= 0.3 is 0 Å². The summed E-state index contributed by atoms with van der Waals surface area (Å²) in [6.07, 6.45) is -2.41. The zero-order chi connectivity index (χ0) is 10.1. The summed E-state index contributed by atoms with van der Waals surface area (Å²) in [5.74, 6) is 0. The first-order valence-corrected chi connectivity index (χ1v) is 4.51. The molecule has 4 bridgehead atoms. The fourth-order valence-corrected chi connectivity index (χ4v) is 2.54. The van der Waals surface area contributed by atoms with Gasteiger partial charge in [-0.2, -0.15) is 4.81 Å². The largest absolute Gasteiger partial charge is 0.596 e. The van der Waals surface area contributed by atoms with E-state index in [1.165, 1.54) is 0 Å². The summed E-state index contributed by atoms with van der Waals surface area (Å²) in [6, 6.07) is 0. The van der Waals surface area contributed by atoms with Gasteiger partial charge in [0.15, 0.2) is 0 Å². The molecule has 0 aromatic carbocycles. The lowest BCUT2D eigenvalue weighted by atomic mass is 10.1. The van der Waals surface area contributed by atoms with Crippen molar-refractivity contribution in [3.8, 4) is 0 Å². The Hall–Kier alpha value is -0.320. The highest BCUT2D eigenvalue weighted by Gasteiger charge is 2.61. The maximum absolute atomic E-state index is 11.7. The van der Waals surface area contributed by atoms with E-state index in [4.69, 9.17) is 0 Å². The molecule has 8 heteroatoms. The van der Waals surface area contributed by atoms with Crippen molar-refractivity contribution in [2.75, 3.05) is 19.6 Å². The average Bonchev–Trinajstić information content (AvgIpc) is 2.12. The van der Waals surface area contributed by atoms with Crippen molar-refractivity contribution in [2.24, 2.45) is 0 Å². The number of hydrogen-bond acceptors (Lipinski definition) is 7. The molecule has 8 nitrogen and oxygen atoms in total. The van der Waals surface area contributed by atoms with Crippen LogP contribution >= 0.6 is 0 Å². The predicted molar refractivity (Wildman–Crippen MR) is 40.5 cm³/mol. The number of piperazine rings is 3. The second-order valence-electron chi connectivity index (χ2n) is 4.09. The van der Waals surface area contributed by atoms with Crippen molar-refractivity contribution in [3.05, 3.63) is 5.21 Å². The van der Waals surface area contributed by atoms with Gasteiger partial charge in [0.25, 0.3) is 0 Å². The molecule has 4 rings (SSSR count). The second-order valence-corrected chi connectivity index (χ2v) is 4.09. The molecule has 3 N–H and O–H groups in total. The number of hydrogen-bond donors (Lipinski definition) is 3. The molecule has 0 spiro atoms. The van der Waals surface area contributed by atoms with Gasteiger partial charge in [0.05, 0.1) is 13.1 Å². The molecule has 4 saturated heterocycles. The van der Waals surface area contributed by atoms with Gasteiger partial charge in [0.1, 0.15) is 6.17 Å². The molecule has 0 amide bonds. The van der Waals surface area contributed by atoms with Crippen LogP contribution in [0.2, 0.25) is 0 Å². The lowest BCUT2D eigenvalue weighted by Gasteiger charge is -2.64. The van der Waals surface area contributed by atoms with Crippen LogP contribution in [-0.2, 0) is 0 Å². The Balaban J connectivity index is 2.02. The lowest BCUT2D eigenvalue weighted by molar-refractivity contribution is -1.14. The monoisotopic (exact) mass is 204 g/mol. The van der Waals surface area contributed by atoms with Crippen molar-refractivity contribution in [1.82, 2.24) is 15.0 Å². The van der Waals surface area contributed by atoms with Crippen LogP contribution in [0.4, 0.5) is 0 Å². The van der Waals surface area contributed by atoms with Crippen LogP contribution in [0.3, 0.4) is 0 Å². The van der Waals surface area contributed by atoms with Gasteiger partial charge < -0.3 is 15.6 Å². The fraction of sp³-hybridized carbons (Fsp3) is 1.00. The Kier molecular flexibility index (Phi) is 1.55. The second kappa shape index (κ2) is 2.43. The van der Waals surface area contributed by atoms with Crippen LogP contribution in [-0.4, -0.2) is 73.6 Å². The van der Waals surface area contributed by atoms with Gasteiger partial charge in [0.2, 0.25) is 12.3 Å². The SMILES string of the molecule is [O-][N+]1(O)C2CN3CC(N2O)N(O)C1C3. The standard InChI is InChI=1S/C6H12N4O4/c11-8-4-1-7-2-5(8)10(13,14)6(3-7)9(4)12/h4-6,11-13H,1-3H2. The molecule has 0 saturated carbocycles. The summed E-state index contributed by atoms with van der Waals surface area (Å²) < 4.78 is 0. The third kappa shape index (κ3) is 0.846. The highest BCUT2D eigenvalue weighted by Crippen LogP contribution is 2.37. The van der Waals surface area contributed by atoms with E-state index in [1.54, 1.807) is 0 Å². The average molecular weight is 204 g/mol. The molecule has 80 valence electrons. The van der Waals surface area contributed by atoms with E-state index < -0.39 is 23.3 Å². The Morgan fingerprint density at radius 2 is 1.57 bits per heavy atom. The van der Waals surface area contributed by atoms with E-state index >= 15 is 0 Å². The Morgan fingerprint density at radius 1 is 1.07 bits per heavy atom. The first-order valence-electron chi connectivity index (χ1n) is 4.51. The minimum atomic E-state index is -1.61. The van der Waals surface area contributed by atoms with Crippen molar-refractivity contribution in [1.29, 1.82) is 0 Å². The molecule has 4 aliphatic rings. The normalized spacial score (nSPS) is 58.3. The number of quaternary nitrogens is 1. The quantitative estimate of drug-likeness (QED) is 0.323. The van der Waals surface area contributed by atoms with Crippen LogP contribution in [0.15, 0.2) is 0 Å². The molecule has 4 aliphatic heterocycles. The molecule has 2 unspecified atom stereocenters. The van der Waals surface area contributed by atoms with E-state index in [0.29, 0.717) is 19.6 Å². The number of nitrogens with zero attached hydrogens (tertiary/aromatic N) is 4.